The van der Waals surface area contributed by atoms with Crippen LogP contribution < -0.4 is 5.32 Å². The predicted octanol–water partition coefficient (Wildman–Crippen LogP) is 2.79. The first-order valence-corrected chi connectivity index (χ1v) is 9.62. The predicted molar refractivity (Wildman–Crippen MR) is 116 cm³/mol. The topological polar surface area (TPSA) is 77.4 Å². The maximum Gasteiger partial charge on any atom is 0.409 e. The summed E-state index contributed by atoms with van der Waals surface area (Å²) in [4.78, 5) is 20.9. The zero-order valence-electron chi connectivity index (χ0n) is 15.0. The summed E-state index contributed by atoms with van der Waals surface area (Å²) in [6.45, 7) is 7.70. The Bertz CT molecular complexity index is 594. The highest BCUT2D eigenvalue weighted by atomic mass is 127. The first kappa shape index (κ1) is 23.3. The molecule has 10 heteroatoms. The Labute approximate surface area is 180 Å². The number of aliphatic hydroxyl groups is 1. The fourth-order valence-electron chi connectivity index (χ4n) is 2.51. The molecule has 1 aromatic heterocycles. The van der Waals surface area contributed by atoms with Gasteiger partial charge < -0.3 is 25.0 Å². The molecule has 1 atom stereocenters. The molecule has 7 nitrogen and oxygen atoms in total. The minimum atomic E-state index is -0.674. The van der Waals surface area contributed by atoms with E-state index in [0.29, 0.717) is 37.1 Å². The Balaban J connectivity index is 0.00000338. The number of hydrogen-bond acceptors (Lipinski definition) is 5. The highest BCUT2D eigenvalue weighted by molar-refractivity contribution is 14.0. The summed E-state index contributed by atoms with van der Waals surface area (Å²) in [5, 5.41) is 13.5. The minimum Gasteiger partial charge on any atom is -0.450 e. The van der Waals surface area contributed by atoms with Crippen LogP contribution in [0.4, 0.5) is 4.79 Å². The number of piperazine rings is 1. The molecule has 1 aromatic rings. The highest BCUT2D eigenvalue weighted by Gasteiger charge is 2.24. The second-order valence-electron chi connectivity index (χ2n) is 5.53. The minimum absolute atomic E-state index is 0. The number of hydrogen-bond donors (Lipinski definition) is 2. The molecule has 0 saturated carbocycles. The van der Waals surface area contributed by atoms with Crippen LogP contribution in [0.3, 0.4) is 0 Å². The van der Waals surface area contributed by atoms with Crippen LogP contribution in [0.5, 0.6) is 0 Å². The van der Waals surface area contributed by atoms with Crippen molar-refractivity contribution < 1.29 is 14.6 Å². The number of guanidine groups is 1. The normalized spacial score (nSPS) is 16.1. The van der Waals surface area contributed by atoms with E-state index in [1.807, 2.05) is 13.0 Å². The number of nitrogens with one attached hydrogen (secondary N) is 1. The number of rotatable bonds is 5. The van der Waals surface area contributed by atoms with Gasteiger partial charge in [-0.1, -0.05) is 11.6 Å². The lowest BCUT2D eigenvalue weighted by Crippen LogP contribution is -2.54. The number of thiophene rings is 1. The largest absolute Gasteiger partial charge is 0.450 e. The average molecular weight is 517 g/mol. The molecule has 1 fully saturated rings. The lowest BCUT2D eigenvalue weighted by atomic mass is 10.3. The number of nitrogens with zero attached hydrogens (tertiary/aromatic N) is 3. The van der Waals surface area contributed by atoms with E-state index in [1.54, 1.807) is 17.9 Å². The fraction of sp³-hybridized carbons (Fsp3) is 0.625. The molecule has 0 aromatic carbocycles. The van der Waals surface area contributed by atoms with Crippen LogP contribution in [0.1, 0.15) is 24.8 Å². The average Bonchev–Trinajstić information content (AvgIpc) is 3.05. The van der Waals surface area contributed by atoms with E-state index in [0.717, 1.165) is 17.4 Å². The third kappa shape index (κ3) is 6.75. The molecular weight excluding hydrogens is 491 g/mol. The summed E-state index contributed by atoms with van der Waals surface area (Å²) in [5.41, 5.74) is 0. The molecule has 1 unspecified atom stereocenters. The number of carbonyl (C=O) groups excluding carboxylic acids is 1. The highest BCUT2D eigenvalue weighted by Crippen LogP contribution is 2.27. The Morgan fingerprint density at radius 2 is 2.00 bits per heavy atom. The van der Waals surface area contributed by atoms with Gasteiger partial charge in [0.15, 0.2) is 5.96 Å². The van der Waals surface area contributed by atoms with Gasteiger partial charge in [-0.25, -0.2) is 4.79 Å². The molecule has 0 bridgehead atoms. The second-order valence-corrected chi connectivity index (χ2v) is 7.27. The third-order valence-corrected chi connectivity index (χ3v) is 5.11. The number of halogens is 2. The number of amides is 1. The summed E-state index contributed by atoms with van der Waals surface area (Å²) < 4.78 is 5.69. The van der Waals surface area contributed by atoms with Crippen molar-refractivity contribution in [3.05, 3.63) is 21.3 Å². The maximum absolute atomic E-state index is 11.8. The summed E-state index contributed by atoms with van der Waals surface area (Å²) in [7, 11) is 0. The number of aliphatic imine (C=N–C) groups is 1. The summed E-state index contributed by atoms with van der Waals surface area (Å²) in [6.07, 6.45) is -0.943. The van der Waals surface area contributed by atoms with E-state index in [-0.39, 0.29) is 36.6 Å². The monoisotopic (exact) mass is 516 g/mol. The Morgan fingerprint density at radius 1 is 1.35 bits per heavy atom. The van der Waals surface area contributed by atoms with Crippen molar-refractivity contribution in [2.75, 3.05) is 45.9 Å². The van der Waals surface area contributed by atoms with Crippen molar-refractivity contribution in [3.8, 4) is 0 Å². The van der Waals surface area contributed by atoms with E-state index in [4.69, 9.17) is 16.3 Å². The van der Waals surface area contributed by atoms with E-state index in [9.17, 15) is 9.90 Å². The lowest BCUT2D eigenvalue weighted by Gasteiger charge is -2.36. The quantitative estimate of drug-likeness (QED) is 0.358. The van der Waals surface area contributed by atoms with Crippen LogP contribution >= 0.6 is 46.9 Å². The van der Waals surface area contributed by atoms with Crippen LogP contribution in [0.25, 0.3) is 0 Å². The zero-order chi connectivity index (χ0) is 18.2. The van der Waals surface area contributed by atoms with Gasteiger partial charge in [0.2, 0.25) is 0 Å². The van der Waals surface area contributed by atoms with Crippen LogP contribution in [-0.2, 0) is 4.74 Å². The molecular formula is C16H26ClIN4O3S. The smallest absolute Gasteiger partial charge is 0.409 e. The SMILES string of the molecule is CCNC(=NCC(O)c1ccc(Cl)s1)N1CCN(C(=O)OCC)CC1.I. The lowest BCUT2D eigenvalue weighted by molar-refractivity contribution is 0.0914. The van der Waals surface area contributed by atoms with Crippen molar-refractivity contribution in [1.82, 2.24) is 15.1 Å². The zero-order valence-corrected chi connectivity index (χ0v) is 18.9. The van der Waals surface area contributed by atoms with E-state index in [1.165, 1.54) is 11.3 Å². The molecule has 2 heterocycles. The molecule has 0 radical (unpaired) electrons. The molecule has 1 amide bonds. The summed E-state index contributed by atoms with van der Waals surface area (Å²) in [6, 6.07) is 3.59. The van der Waals surface area contributed by atoms with Gasteiger partial charge >= 0.3 is 6.09 Å². The fourth-order valence-corrected chi connectivity index (χ4v) is 3.55. The van der Waals surface area contributed by atoms with Gasteiger partial charge in [-0.3, -0.25) is 4.99 Å². The maximum atomic E-state index is 11.8. The first-order valence-electron chi connectivity index (χ1n) is 8.43. The Kier molecular flexibility index (Phi) is 10.6. The molecule has 0 spiro atoms. The number of carbonyl (C=O) groups is 1. The second kappa shape index (κ2) is 11.8. The standard InChI is InChI=1S/C16H25ClN4O3S.HI/c1-3-18-15(19-11-12(22)13-5-6-14(17)25-13)20-7-9-21(10-8-20)16(23)24-4-2;/h5-6,12,22H,3-4,7-11H2,1-2H3,(H,18,19);1H. The molecule has 1 aliphatic rings. The van der Waals surface area contributed by atoms with Crippen molar-refractivity contribution >= 4 is 59.0 Å². The number of ether oxygens (including phenoxy) is 1. The molecule has 2 N–H and O–H groups in total. The number of aliphatic hydroxyl groups excluding tert-OH is 1. The van der Waals surface area contributed by atoms with Gasteiger partial charge in [0.1, 0.15) is 6.10 Å². The van der Waals surface area contributed by atoms with Gasteiger partial charge in [0.25, 0.3) is 0 Å². The Hall–Kier alpha value is -0.780. The van der Waals surface area contributed by atoms with E-state index < -0.39 is 6.10 Å². The van der Waals surface area contributed by atoms with Gasteiger partial charge in [0, 0.05) is 37.6 Å². The molecule has 1 saturated heterocycles. The van der Waals surface area contributed by atoms with Crippen molar-refractivity contribution in [3.63, 3.8) is 0 Å². The molecule has 26 heavy (non-hydrogen) atoms. The van der Waals surface area contributed by atoms with Gasteiger partial charge in [-0.2, -0.15) is 0 Å². The van der Waals surface area contributed by atoms with Crippen LogP contribution in [0, 0.1) is 0 Å². The van der Waals surface area contributed by atoms with E-state index in [2.05, 4.69) is 15.2 Å². The molecule has 2 rings (SSSR count). The van der Waals surface area contributed by atoms with Crippen LogP contribution in [-0.4, -0.2) is 72.8 Å². The summed E-state index contributed by atoms with van der Waals surface area (Å²) in [5.74, 6) is 0.743. The molecule has 1 aliphatic heterocycles. The molecule has 148 valence electrons. The Morgan fingerprint density at radius 3 is 2.54 bits per heavy atom. The van der Waals surface area contributed by atoms with Crippen molar-refractivity contribution in [2.45, 2.75) is 20.0 Å². The van der Waals surface area contributed by atoms with Crippen molar-refractivity contribution in [1.29, 1.82) is 0 Å². The van der Waals surface area contributed by atoms with Gasteiger partial charge in [0.05, 0.1) is 17.5 Å². The third-order valence-electron chi connectivity index (χ3n) is 3.78. The molecule has 0 aliphatic carbocycles. The van der Waals surface area contributed by atoms with Crippen LogP contribution in [0.2, 0.25) is 4.34 Å². The van der Waals surface area contributed by atoms with Crippen LogP contribution in [0.15, 0.2) is 17.1 Å². The van der Waals surface area contributed by atoms with Gasteiger partial charge in [-0.05, 0) is 26.0 Å². The summed E-state index contributed by atoms with van der Waals surface area (Å²) >= 11 is 7.27. The van der Waals surface area contributed by atoms with E-state index >= 15 is 0 Å². The van der Waals surface area contributed by atoms with Crippen molar-refractivity contribution in [2.24, 2.45) is 4.99 Å². The first-order chi connectivity index (χ1) is 12.0. The van der Waals surface area contributed by atoms with Gasteiger partial charge in [-0.15, -0.1) is 35.3 Å².